The van der Waals surface area contributed by atoms with Gasteiger partial charge in [0.1, 0.15) is 34.0 Å². The van der Waals surface area contributed by atoms with Gasteiger partial charge in [-0.2, -0.15) is 15.4 Å². The van der Waals surface area contributed by atoms with Gasteiger partial charge in [0, 0.05) is 6.07 Å². The molecule has 0 aliphatic heterocycles. The smallest absolute Gasteiger partial charge is 0.255 e. The number of para-hydroxylation sites is 1. The lowest BCUT2D eigenvalue weighted by Crippen LogP contribution is -2.41. The molecule has 0 bridgehead atoms. The van der Waals surface area contributed by atoms with Crippen LogP contribution < -0.4 is 5.32 Å². The van der Waals surface area contributed by atoms with Gasteiger partial charge in [-0.05, 0) is 32.0 Å². The van der Waals surface area contributed by atoms with Crippen LogP contribution in [0.3, 0.4) is 0 Å². The summed E-state index contributed by atoms with van der Waals surface area (Å²) >= 11 is 0. The molecule has 2 N–H and O–H groups in total. The Hall–Kier alpha value is -3.69. The molecule has 0 radical (unpaired) electrons. The van der Waals surface area contributed by atoms with E-state index in [1.54, 1.807) is 32.0 Å². The van der Waals surface area contributed by atoms with Crippen molar-refractivity contribution in [3.8, 4) is 5.69 Å². The van der Waals surface area contributed by atoms with Gasteiger partial charge in [0.15, 0.2) is 0 Å². The molecule has 0 aliphatic rings. The quantitative estimate of drug-likeness (QED) is 0.564. The predicted octanol–water partition coefficient (Wildman–Crippen LogP) is 2.48. The van der Waals surface area contributed by atoms with Gasteiger partial charge in [0.2, 0.25) is 0 Å². The van der Waals surface area contributed by atoms with Crippen molar-refractivity contribution in [2.45, 2.75) is 19.4 Å². The van der Waals surface area contributed by atoms with Gasteiger partial charge >= 0.3 is 0 Å². The lowest BCUT2D eigenvalue weighted by atomic mass is 10.0. The molecule has 0 spiro atoms. The summed E-state index contributed by atoms with van der Waals surface area (Å²) in [6.45, 7) is 3.38. The Morgan fingerprint density at radius 2 is 1.82 bits per heavy atom. The van der Waals surface area contributed by atoms with Crippen LogP contribution in [0.5, 0.6) is 0 Å². The summed E-state index contributed by atoms with van der Waals surface area (Å²) in [6, 6.07) is 8.57. The minimum atomic E-state index is -0.994. The fourth-order valence-corrected chi connectivity index (χ4v) is 2.76. The van der Waals surface area contributed by atoms with E-state index in [1.165, 1.54) is 23.0 Å². The summed E-state index contributed by atoms with van der Waals surface area (Å²) in [5.74, 6) is -1.82. The van der Waals surface area contributed by atoms with Crippen LogP contribution in [-0.4, -0.2) is 36.3 Å². The van der Waals surface area contributed by atoms with Crippen LogP contribution in [0.15, 0.2) is 42.6 Å². The van der Waals surface area contributed by atoms with E-state index >= 15 is 0 Å². The third-order valence-electron chi connectivity index (χ3n) is 4.31. The van der Waals surface area contributed by atoms with Gasteiger partial charge in [-0.15, -0.1) is 5.10 Å². The molecule has 28 heavy (non-hydrogen) atoms. The fraction of sp³-hybridized carbons (Fsp3) is 0.167. The first kappa shape index (κ1) is 17.7. The second-order valence-electron chi connectivity index (χ2n) is 6.72. The summed E-state index contributed by atoms with van der Waals surface area (Å²) in [4.78, 5) is 12.6. The van der Waals surface area contributed by atoms with E-state index in [0.717, 1.165) is 6.07 Å². The van der Waals surface area contributed by atoms with E-state index in [-0.39, 0.29) is 11.3 Å². The summed E-state index contributed by atoms with van der Waals surface area (Å²) in [5, 5.41) is 20.7. The van der Waals surface area contributed by atoms with Crippen molar-refractivity contribution in [3.05, 3.63) is 65.5 Å². The number of H-pyrrole nitrogens is 1. The highest BCUT2D eigenvalue weighted by atomic mass is 19.1. The number of rotatable bonds is 4. The number of fused-ring (bicyclic) bond motifs is 1. The highest BCUT2D eigenvalue weighted by Crippen LogP contribution is 2.22. The molecular weight excluding hydrogens is 368 g/mol. The average molecular weight is 383 g/mol. The SMILES string of the molecule is CC(C)(NC(=O)c1cc2n[nH]nc2cc1F)c1cn(-c2ccccc2F)nn1. The summed E-state index contributed by atoms with van der Waals surface area (Å²) in [7, 11) is 0. The molecular formula is C18H15F2N7O. The second kappa shape index (κ2) is 6.48. The van der Waals surface area contributed by atoms with E-state index in [1.807, 2.05) is 0 Å². The molecule has 1 amide bonds. The molecule has 0 fully saturated rings. The Balaban J connectivity index is 1.61. The number of nitrogens with zero attached hydrogens (tertiary/aromatic N) is 5. The topological polar surface area (TPSA) is 101 Å². The van der Waals surface area contributed by atoms with Crippen LogP contribution >= 0.6 is 0 Å². The van der Waals surface area contributed by atoms with Crippen molar-refractivity contribution in [2.75, 3.05) is 0 Å². The molecule has 8 nitrogen and oxygen atoms in total. The first-order chi connectivity index (χ1) is 13.3. The molecule has 2 aromatic carbocycles. The molecule has 0 aliphatic carbocycles. The lowest BCUT2D eigenvalue weighted by molar-refractivity contribution is 0.0906. The molecule has 0 saturated carbocycles. The Labute approximate surface area is 157 Å². The number of aromatic nitrogens is 6. The Bertz CT molecular complexity index is 1180. The van der Waals surface area contributed by atoms with Gasteiger partial charge in [0.05, 0.1) is 17.3 Å². The van der Waals surface area contributed by atoms with Crippen LogP contribution in [0, 0.1) is 11.6 Å². The Morgan fingerprint density at radius 3 is 2.57 bits per heavy atom. The number of hydrogen-bond acceptors (Lipinski definition) is 5. The summed E-state index contributed by atoms with van der Waals surface area (Å²) in [5.41, 5.74) is 0.135. The standard InChI is InChI=1S/C18H15F2N7O/c1-18(2,16-9-27(26-24-16)15-6-4-3-5-11(15)19)21-17(28)10-7-13-14(8-12(10)20)23-25-22-13/h3-9H,1-2H3,(H,21,28)(H,22,23,25). The Kier molecular flexibility index (Phi) is 4.10. The molecule has 4 aromatic rings. The van der Waals surface area contributed by atoms with E-state index in [9.17, 15) is 13.6 Å². The molecule has 142 valence electrons. The number of nitrogens with one attached hydrogen (secondary N) is 2. The van der Waals surface area contributed by atoms with Crippen LogP contribution in [0.4, 0.5) is 8.78 Å². The molecule has 2 heterocycles. The van der Waals surface area contributed by atoms with E-state index in [2.05, 4.69) is 31.0 Å². The number of aromatic amines is 1. The normalized spacial score (nSPS) is 11.7. The van der Waals surface area contributed by atoms with E-state index in [4.69, 9.17) is 0 Å². The lowest BCUT2D eigenvalue weighted by Gasteiger charge is -2.23. The number of carbonyl (C=O) groups is 1. The maximum absolute atomic E-state index is 14.3. The molecule has 2 aromatic heterocycles. The summed E-state index contributed by atoms with van der Waals surface area (Å²) in [6.07, 6.45) is 1.51. The first-order valence-corrected chi connectivity index (χ1v) is 8.35. The molecule has 4 rings (SSSR count). The third-order valence-corrected chi connectivity index (χ3v) is 4.31. The number of amides is 1. The average Bonchev–Trinajstić information content (AvgIpc) is 3.30. The zero-order valence-electron chi connectivity index (χ0n) is 14.9. The minimum absolute atomic E-state index is 0.170. The maximum atomic E-state index is 14.3. The molecule has 10 heteroatoms. The second-order valence-corrected chi connectivity index (χ2v) is 6.72. The van der Waals surface area contributed by atoms with Crippen molar-refractivity contribution in [1.29, 1.82) is 0 Å². The summed E-state index contributed by atoms with van der Waals surface area (Å²) < 4.78 is 29.5. The zero-order chi connectivity index (χ0) is 19.9. The molecule has 0 saturated heterocycles. The number of benzene rings is 2. The van der Waals surface area contributed by atoms with Gasteiger partial charge in [-0.1, -0.05) is 17.3 Å². The maximum Gasteiger partial charge on any atom is 0.255 e. The monoisotopic (exact) mass is 383 g/mol. The van der Waals surface area contributed by atoms with Gasteiger partial charge in [0.25, 0.3) is 5.91 Å². The van der Waals surface area contributed by atoms with E-state index < -0.39 is 23.1 Å². The zero-order valence-corrected chi connectivity index (χ0v) is 14.9. The fourth-order valence-electron chi connectivity index (χ4n) is 2.76. The van der Waals surface area contributed by atoms with E-state index in [0.29, 0.717) is 16.7 Å². The molecule has 0 unspecified atom stereocenters. The van der Waals surface area contributed by atoms with Crippen LogP contribution in [-0.2, 0) is 5.54 Å². The van der Waals surface area contributed by atoms with Crippen LogP contribution in [0.25, 0.3) is 16.7 Å². The Morgan fingerprint density at radius 1 is 1.11 bits per heavy atom. The van der Waals surface area contributed by atoms with Crippen LogP contribution in [0.1, 0.15) is 29.9 Å². The van der Waals surface area contributed by atoms with Gasteiger partial charge in [-0.3, -0.25) is 4.79 Å². The number of hydrogen-bond donors (Lipinski definition) is 2. The van der Waals surface area contributed by atoms with Gasteiger partial charge in [-0.25, -0.2) is 13.5 Å². The highest BCUT2D eigenvalue weighted by molar-refractivity contribution is 5.97. The van der Waals surface area contributed by atoms with Crippen molar-refractivity contribution < 1.29 is 13.6 Å². The first-order valence-electron chi connectivity index (χ1n) is 8.35. The van der Waals surface area contributed by atoms with Crippen molar-refractivity contribution >= 4 is 16.9 Å². The third kappa shape index (κ3) is 3.08. The van der Waals surface area contributed by atoms with Crippen molar-refractivity contribution in [1.82, 2.24) is 35.7 Å². The highest BCUT2D eigenvalue weighted by Gasteiger charge is 2.28. The molecule has 0 atom stereocenters. The van der Waals surface area contributed by atoms with Crippen molar-refractivity contribution in [3.63, 3.8) is 0 Å². The van der Waals surface area contributed by atoms with Crippen molar-refractivity contribution in [2.24, 2.45) is 0 Å². The van der Waals surface area contributed by atoms with Crippen LogP contribution in [0.2, 0.25) is 0 Å². The largest absolute Gasteiger partial charge is 0.341 e. The number of halogens is 2. The van der Waals surface area contributed by atoms with Gasteiger partial charge < -0.3 is 5.32 Å². The number of carbonyl (C=O) groups excluding carboxylic acids is 1. The minimum Gasteiger partial charge on any atom is -0.341 e. The predicted molar refractivity (Wildman–Crippen MR) is 95.7 cm³/mol.